The van der Waals surface area contributed by atoms with E-state index in [2.05, 4.69) is 21.9 Å². The highest BCUT2D eigenvalue weighted by molar-refractivity contribution is 7.89. The summed E-state index contributed by atoms with van der Waals surface area (Å²) in [5.41, 5.74) is 6.39. The Morgan fingerprint density at radius 1 is 1.40 bits per heavy atom. The van der Waals surface area contributed by atoms with E-state index in [0.29, 0.717) is 11.1 Å². The topological polar surface area (TPSA) is 101 Å². The van der Waals surface area contributed by atoms with Crippen LogP contribution in [0.15, 0.2) is 24.3 Å². The highest BCUT2D eigenvalue weighted by Gasteiger charge is 2.09. The van der Waals surface area contributed by atoms with E-state index in [4.69, 9.17) is 5.73 Å². The van der Waals surface area contributed by atoms with Crippen LogP contribution in [-0.2, 0) is 10.0 Å². The molecule has 0 radical (unpaired) electrons. The van der Waals surface area contributed by atoms with Crippen LogP contribution in [0.3, 0.4) is 0 Å². The highest BCUT2D eigenvalue weighted by Crippen LogP contribution is 2.03. The lowest BCUT2D eigenvalue weighted by Crippen LogP contribution is -2.32. The third-order valence-corrected chi connectivity index (χ3v) is 3.79. The lowest BCUT2D eigenvalue weighted by atomic mass is 10.1. The van der Waals surface area contributed by atoms with Gasteiger partial charge in [-0.25, -0.2) is 13.1 Å². The summed E-state index contributed by atoms with van der Waals surface area (Å²) in [6.07, 6.45) is 0. The number of hydrogen-bond donors (Lipinski definition) is 3. The van der Waals surface area contributed by atoms with Crippen molar-refractivity contribution in [1.29, 1.82) is 0 Å². The van der Waals surface area contributed by atoms with Gasteiger partial charge in [-0.05, 0) is 25.2 Å². The summed E-state index contributed by atoms with van der Waals surface area (Å²) < 4.78 is 24.6. The molecular weight excluding hydrogens is 278 g/mol. The normalized spacial score (nSPS) is 10.5. The van der Waals surface area contributed by atoms with Gasteiger partial charge >= 0.3 is 0 Å². The first-order chi connectivity index (χ1) is 9.48. The monoisotopic (exact) mass is 295 g/mol. The molecule has 0 bridgehead atoms. The Kier molecular flexibility index (Phi) is 6.18. The Morgan fingerprint density at radius 3 is 2.80 bits per heavy atom. The van der Waals surface area contributed by atoms with Crippen LogP contribution in [0.1, 0.15) is 15.9 Å². The Morgan fingerprint density at radius 2 is 2.15 bits per heavy atom. The van der Waals surface area contributed by atoms with Crippen LogP contribution in [0.4, 0.5) is 0 Å². The van der Waals surface area contributed by atoms with Crippen molar-refractivity contribution < 1.29 is 13.2 Å². The molecule has 0 aliphatic heterocycles. The molecule has 0 aliphatic carbocycles. The number of carbonyl (C=O) groups is 1. The Hall–Kier alpha value is -1.88. The van der Waals surface area contributed by atoms with E-state index in [0.717, 1.165) is 0 Å². The van der Waals surface area contributed by atoms with Crippen LogP contribution in [-0.4, -0.2) is 40.2 Å². The van der Waals surface area contributed by atoms with Gasteiger partial charge in [-0.15, -0.1) is 0 Å². The predicted octanol–water partition coefficient (Wildman–Crippen LogP) is -0.724. The fraction of sp³-hybridized carbons (Fsp3) is 0.308. The fourth-order valence-electron chi connectivity index (χ4n) is 1.39. The van der Waals surface area contributed by atoms with Gasteiger partial charge in [0.25, 0.3) is 5.91 Å². The van der Waals surface area contributed by atoms with Crippen molar-refractivity contribution >= 4 is 15.9 Å². The van der Waals surface area contributed by atoms with Crippen LogP contribution < -0.4 is 15.8 Å². The molecule has 1 aromatic rings. The number of nitrogens with two attached hydrogens (primary N) is 1. The molecule has 0 fully saturated rings. The average Bonchev–Trinajstić information content (AvgIpc) is 2.45. The van der Waals surface area contributed by atoms with Crippen LogP contribution in [0.5, 0.6) is 0 Å². The quantitative estimate of drug-likeness (QED) is 0.624. The van der Waals surface area contributed by atoms with Gasteiger partial charge in [0.15, 0.2) is 0 Å². The zero-order valence-electron chi connectivity index (χ0n) is 11.1. The first-order valence-corrected chi connectivity index (χ1v) is 7.62. The maximum Gasteiger partial charge on any atom is 0.251 e. The van der Waals surface area contributed by atoms with E-state index >= 15 is 0 Å². The molecule has 0 unspecified atom stereocenters. The standard InChI is InChI=1S/C13H17N3O3S/c1-15-20(18,19)9-8-16-13(17)12-6-2-4-11(10-12)5-3-7-14/h2,4,6,10,15H,7-9,14H2,1H3,(H,16,17). The Balaban J connectivity index is 2.64. The van der Waals surface area contributed by atoms with Crippen molar-refractivity contribution in [2.45, 2.75) is 0 Å². The first-order valence-electron chi connectivity index (χ1n) is 5.97. The van der Waals surface area contributed by atoms with E-state index in [1.54, 1.807) is 24.3 Å². The minimum atomic E-state index is -3.32. The molecule has 0 saturated carbocycles. The van der Waals surface area contributed by atoms with Crippen molar-refractivity contribution in [1.82, 2.24) is 10.0 Å². The molecule has 108 valence electrons. The van der Waals surface area contributed by atoms with E-state index in [1.165, 1.54) is 7.05 Å². The van der Waals surface area contributed by atoms with Gasteiger partial charge in [0.2, 0.25) is 10.0 Å². The second kappa shape index (κ2) is 7.65. The summed E-state index contributed by atoms with van der Waals surface area (Å²) in [6.45, 7) is 0.291. The van der Waals surface area contributed by atoms with E-state index in [9.17, 15) is 13.2 Å². The molecule has 0 atom stereocenters. The van der Waals surface area contributed by atoms with E-state index in [-0.39, 0.29) is 24.7 Å². The zero-order valence-corrected chi connectivity index (χ0v) is 12.0. The van der Waals surface area contributed by atoms with Gasteiger partial charge < -0.3 is 11.1 Å². The summed E-state index contributed by atoms with van der Waals surface area (Å²) in [5.74, 6) is 5.02. The number of amides is 1. The molecule has 0 saturated heterocycles. The van der Waals surface area contributed by atoms with Gasteiger partial charge in [0.05, 0.1) is 12.3 Å². The van der Waals surface area contributed by atoms with Crippen LogP contribution in [0.25, 0.3) is 0 Å². The lowest BCUT2D eigenvalue weighted by Gasteiger charge is -2.06. The van der Waals surface area contributed by atoms with Crippen molar-refractivity contribution in [3.63, 3.8) is 0 Å². The summed E-state index contributed by atoms with van der Waals surface area (Å²) in [7, 11) is -1.99. The molecule has 1 amide bonds. The third-order valence-electron chi connectivity index (χ3n) is 2.43. The largest absolute Gasteiger partial charge is 0.351 e. The number of nitrogens with one attached hydrogen (secondary N) is 2. The maximum absolute atomic E-state index is 11.8. The average molecular weight is 295 g/mol. The smallest absolute Gasteiger partial charge is 0.251 e. The van der Waals surface area contributed by atoms with Crippen LogP contribution >= 0.6 is 0 Å². The minimum Gasteiger partial charge on any atom is -0.351 e. The summed E-state index contributed by atoms with van der Waals surface area (Å²) >= 11 is 0. The van der Waals surface area contributed by atoms with Gasteiger partial charge in [0.1, 0.15) is 0 Å². The summed E-state index contributed by atoms with van der Waals surface area (Å²) in [4.78, 5) is 11.8. The van der Waals surface area contributed by atoms with Crippen molar-refractivity contribution in [2.24, 2.45) is 5.73 Å². The minimum absolute atomic E-state index is 0.0424. The second-order valence-corrected chi connectivity index (χ2v) is 5.91. The molecule has 0 aromatic heterocycles. The summed E-state index contributed by atoms with van der Waals surface area (Å²) in [5, 5.41) is 2.54. The molecular formula is C13H17N3O3S. The third kappa shape index (κ3) is 5.40. The maximum atomic E-state index is 11.8. The molecule has 0 heterocycles. The SMILES string of the molecule is CNS(=O)(=O)CCNC(=O)c1cccc(C#CCN)c1. The molecule has 6 nitrogen and oxygen atoms in total. The zero-order chi connectivity index (χ0) is 15.0. The highest BCUT2D eigenvalue weighted by atomic mass is 32.2. The van der Waals surface area contributed by atoms with Crippen LogP contribution in [0.2, 0.25) is 0 Å². The molecule has 1 rings (SSSR count). The number of hydrogen-bond acceptors (Lipinski definition) is 4. The van der Waals surface area contributed by atoms with E-state index < -0.39 is 10.0 Å². The number of rotatable bonds is 5. The van der Waals surface area contributed by atoms with Gasteiger partial charge in [-0.2, -0.15) is 0 Å². The predicted molar refractivity (Wildman–Crippen MR) is 77.6 cm³/mol. The van der Waals surface area contributed by atoms with E-state index in [1.807, 2.05) is 0 Å². The van der Waals surface area contributed by atoms with Crippen molar-refractivity contribution in [3.05, 3.63) is 35.4 Å². The summed E-state index contributed by atoms with van der Waals surface area (Å²) in [6, 6.07) is 6.74. The molecule has 1 aromatic carbocycles. The van der Waals surface area contributed by atoms with Crippen molar-refractivity contribution in [2.75, 3.05) is 25.9 Å². The molecule has 0 aliphatic rings. The number of carbonyl (C=O) groups excluding carboxylic acids is 1. The Bertz CT molecular complexity index is 630. The molecule has 4 N–H and O–H groups in total. The number of sulfonamides is 1. The van der Waals surface area contributed by atoms with Crippen LogP contribution in [0, 0.1) is 11.8 Å². The number of benzene rings is 1. The molecule has 0 spiro atoms. The second-order valence-electron chi connectivity index (χ2n) is 3.87. The Labute approximate surface area is 118 Å². The molecule has 20 heavy (non-hydrogen) atoms. The van der Waals surface area contributed by atoms with Gasteiger partial charge in [0, 0.05) is 17.7 Å². The molecule has 7 heteroatoms. The van der Waals surface area contributed by atoms with Gasteiger partial charge in [-0.1, -0.05) is 17.9 Å². The van der Waals surface area contributed by atoms with Gasteiger partial charge in [-0.3, -0.25) is 4.79 Å². The lowest BCUT2D eigenvalue weighted by molar-refractivity contribution is 0.0956. The van der Waals surface area contributed by atoms with Crippen molar-refractivity contribution in [3.8, 4) is 11.8 Å². The fourth-order valence-corrected chi connectivity index (χ4v) is 1.97. The first kappa shape index (κ1) is 16.2.